The van der Waals surface area contributed by atoms with E-state index in [-0.39, 0.29) is 6.04 Å². The van der Waals surface area contributed by atoms with Gasteiger partial charge in [0.2, 0.25) is 0 Å². The highest BCUT2D eigenvalue weighted by Gasteiger charge is 2.25. The van der Waals surface area contributed by atoms with E-state index in [0.717, 1.165) is 24.2 Å². The summed E-state index contributed by atoms with van der Waals surface area (Å²) in [6, 6.07) is 14.5. The number of aromatic hydroxyl groups is 1. The molecule has 2 aromatic carbocycles. The van der Waals surface area contributed by atoms with E-state index in [4.69, 9.17) is 4.74 Å². The lowest BCUT2D eigenvalue weighted by atomic mass is 10.0. The van der Waals surface area contributed by atoms with Crippen LogP contribution in [-0.2, 0) is 6.42 Å². The van der Waals surface area contributed by atoms with Gasteiger partial charge in [0, 0.05) is 12.1 Å². The van der Waals surface area contributed by atoms with E-state index in [9.17, 15) is 5.11 Å². The molecule has 0 saturated carbocycles. The van der Waals surface area contributed by atoms with Crippen molar-refractivity contribution in [3.63, 3.8) is 0 Å². The first-order valence-electron chi connectivity index (χ1n) is 7.40. The molecule has 0 spiro atoms. The van der Waals surface area contributed by atoms with Gasteiger partial charge in [-0.2, -0.15) is 0 Å². The molecule has 3 nitrogen and oxygen atoms in total. The molecule has 1 aliphatic rings. The van der Waals surface area contributed by atoms with E-state index in [0.29, 0.717) is 11.8 Å². The third-order valence-corrected chi connectivity index (χ3v) is 4.29. The van der Waals surface area contributed by atoms with Crippen LogP contribution in [0.1, 0.15) is 42.1 Å². The van der Waals surface area contributed by atoms with E-state index < -0.39 is 0 Å². The number of phenolic OH excluding ortho intramolecular Hbond substituents is 1. The van der Waals surface area contributed by atoms with Crippen LogP contribution in [-0.4, -0.2) is 12.2 Å². The van der Waals surface area contributed by atoms with Crippen molar-refractivity contribution in [2.45, 2.75) is 31.8 Å². The summed E-state index contributed by atoms with van der Waals surface area (Å²) in [5.41, 5.74) is 3.53. The monoisotopic (exact) mass is 283 g/mol. The van der Waals surface area contributed by atoms with E-state index >= 15 is 0 Å². The lowest BCUT2D eigenvalue weighted by molar-refractivity contribution is 0.411. The Balaban J connectivity index is 1.77. The Labute approximate surface area is 125 Å². The fourth-order valence-electron chi connectivity index (χ4n) is 3.12. The normalized spacial score (nSPS) is 18.3. The summed E-state index contributed by atoms with van der Waals surface area (Å²) >= 11 is 0. The lowest BCUT2D eigenvalue weighted by Crippen LogP contribution is -2.23. The minimum absolute atomic E-state index is 0.235. The van der Waals surface area contributed by atoms with Crippen LogP contribution in [0.4, 0.5) is 0 Å². The molecule has 0 saturated heterocycles. The van der Waals surface area contributed by atoms with Crippen LogP contribution in [0.5, 0.6) is 11.5 Å². The van der Waals surface area contributed by atoms with Crippen LogP contribution in [0.3, 0.4) is 0 Å². The molecule has 0 amide bonds. The molecule has 3 heteroatoms. The average molecular weight is 283 g/mol. The first kappa shape index (κ1) is 14.0. The van der Waals surface area contributed by atoms with Crippen LogP contribution in [0.15, 0.2) is 42.5 Å². The molecule has 3 rings (SSSR count). The van der Waals surface area contributed by atoms with Crippen molar-refractivity contribution in [3.05, 3.63) is 59.2 Å². The minimum Gasteiger partial charge on any atom is -0.508 e. The van der Waals surface area contributed by atoms with E-state index in [1.165, 1.54) is 11.1 Å². The van der Waals surface area contributed by atoms with Crippen molar-refractivity contribution in [2.75, 3.05) is 7.11 Å². The quantitative estimate of drug-likeness (QED) is 0.898. The van der Waals surface area contributed by atoms with Gasteiger partial charge >= 0.3 is 0 Å². The van der Waals surface area contributed by atoms with Gasteiger partial charge in [0.05, 0.1) is 7.11 Å². The van der Waals surface area contributed by atoms with Gasteiger partial charge in [0.15, 0.2) is 0 Å². The maximum atomic E-state index is 9.92. The predicted molar refractivity (Wildman–Crippen MR) is 83.7 cm³/mol. The van der Waals surface area contributed by atoms with E-state index in [1.807, 2.05) is 18.2 Å². The molecule has 2 aromatic rings. The molecule has 0 radical (unpaired) electrons. The van der Waals surface area contributed by atoms with Crippen LogP contribution < -0.4 is 10.1 Å². The first-order valence-corrected chi connectivity index (χ1v) is 7.40. The minimum atomic E-state index is 0.235. The highest BCUT2D eigenvalue weighted by atomic mass is 16.5. The molecule has 0 heterocycles. The molecular formula is C18H21NO2. The molecule has 2 N–H and O–H groups in total. The summed E-state index contributed by atoms with van der Waals surface area (Å²) in [5.74, 6) is 1.30. The van der Waals surface area contributed by atoms with Gasteiger partial charge in [0.25, 0.3) is 0 Å². The second kappa shape index (κ2) is 5.78. The predicted octanol–water partition coefficient (Wildman–Crippen LogP) is 3.74. The first-order chi connectivity index (χ1) is 10.2. The van der Waals surface area contributed by atoms with Crippen LogP contribution in [0, 0.1) is 0 Å². The number of benzene rings is 2. The second-order valence-electron chi connectivity index (χ2n) is 5.60. The van der Waals surface area contributed by atoms with Gasteiger partial charge in [-0.15, -0.1) is 0 Å². The smallest absolute Gasteiger partial charge is 0.119 e. The van der Waals surface area contributed by atoms with Crippen molar-refractivity contribution < 1.29 is 9.84 Å². The summed E-state index contributed by atoms with van der Waals surface area (Å²) in [4.78, 5) is 0. The van der Waals surface area contributed by atoms with Crippen molar-refractivity contribution in [2.24, 2.45) is 0 Å². The zero-order valence-electron chi connectivity index (χ0n) is 12.5. The number of phenols is 1. The lowest BCUT2D eigenvalue weighted by Gasteiger charge is -2.21. The largest absolute Gasteiger partial charge is 0.508 e. The zero-order valence-corrected chi connectivity index (χ0v) is 12.5. The van der Waals surface area contributed by atoms with Crippen molar-refractivity contribution >= 4 is 0 Å². The molecule has 0 fully saturated rings. The topological polar surface area (TPSA) is 41.5 Å². The molecule has 0 aromatic heterocycles. The van der Waals surface area contributed by atoms with E-state index in [1.54, 1.807) is 13.2 Å². The Hall–Kier alpha value is -2.00. The summed E-state index contributed by atoms with van der Waals surface area (Å²) in [6.07, 6.45) is 1.96. The molecule has 1 aliphatic carbocycles. The van der Waals surface area contributed by atoms with Crippen molar-refractivity contribution in [1.82, 2.24) is 5.32 Å². The van der Waals surface area contributed by atoms with Gasteiger partial charge in [0.1, 0.15) is 11.5 Å². The van der Waals surface area contributed by atoms with Gasteiger partial charge in [-0.05, 0) is 54.7 Å². The number of nitrogens with one attached hydrogen (secondary N) is 1. The molecule has 0 bridgehead atoms. The maximum absolute atomic E-state index is 9.92. The molecule has 2 unspecified atom stereocenters. The van der Waals surface area contributed by atoms with Gasteiger partial charge in [-0.3, -0.25) is 0 Å². The van der Waals surface area contributed by atoms with Gasteiger partial charge < -0.3 is 15.2 Å². The fourth-order valence-corrected chi connectivity index (χ4v) is 3.12. The Morgan fingerprint density at radius 1 is 1.24 bits per heavy atom. The summed E-state index contributed by atoms with van der Waals surface area (Å²) in [6.45, 7) is 2.16. The Morgan fingerprint density at radius 3 is 2.86 bits per heavy atom. The van der Waals surface area contributed by atoms with Crippen LogP contribution in [0.25, 0.3) is 0 Å². The zero-order chi connectivity index (χ0) is 14.8. The SMILES string of the molecule is COc1cccc(C(C)NC2CCc3c(O)cccc32)c1. The standard InChI is InChI=1S/C18H21NO2/c1-12(13-5-3-6-14(11-13)21-2)19-17-10-9-16-15(17)7-4-8-18(16)20/h3-8,11-12,17,19-20H,9-10H2,1-2H3. The summed E-state index contributed by atoms with van der Waals surface area (Å²) in [7, 11) is 1.69. The number of methoxy groups -OCH3 is 1. The third kappa shape index (κ3) is 2.74. The van der Waals surface area contributed by atoms with Crippen LogP contribution in [0.2, 0.25) is 0 Å². The molecule has 2 atom stereocenters. The summed E-state index contributed by atoms with van der Waals surface area (Å²) < 4.78 is 5.29. The third-order valence-electron chi connectivity index (χ3n) is 4.29. The number of hydrogen-bond donors (Lipinski definition) is 2. The van der Waals surface area contributed by atoms with Crippen LogP contribution >= 0.6 is 0 Å². The number of rotatable bonds is 4. The Kier molecular flexibility index (Phi) is 3.84. The second-order valence-corrected chi connectivity index (χ2v) is 5.60. The highest BCUT2D eigenvalue weighted by Crippen LogP contribution is 2.37. The Bertz CT molecular complexity index is 639. The average Bonchev–Trinajstić information content (AvgIpc) is 2.92. The molecule has 21 heavy (non-hydrogen) atoms. The maximum Gasteiger partial charge on any atom is 0.119 e. The number of hydrogen-bond acceptors (Lipinski definition) is 3. The van der Waals surface area contributed by atoms with Gasteiger partial charge in [-0.1, -0.05) is 24.3 Å². The Morgan fingerprint density at radius 2 is 2.05 bits per heavy atom. The van der Waals surface area contributed by atoms with Crippen molar-refractivity contribution in [3.8, 4) is 11.5 Å². The molecule has 0 aliphatic heterocycles. The van der Waals surface area contributed by atoms with Gasteiger partial charge in [-0.25, -0.2) is 0 Å². The van der Waals surface area contributed by atoms with E-state index in [2.05, 4.69) is 30.4 Å². The fraction of sp³-hybridized carbons (Fsp3) is 0.333. The number of fused-ring (bicyclic) bond motifs is 1. The van der Waals surface area contributed by atoms with Crippen molar-refractivity contribution in [1.29, 1.82) is 0 Å². The number of ether oxygens (including phenoxy) is 1. The highest BCUT2D eigenvalue weighted by molar-refractivity contribution is 5.44. The molecule has 110 valence electrons. The molecular weight excluding hydrogens is 262 g/mol. The summed E-state index contributed by atoms with van der Waals surface area (Å²) in [5, 5.41) is 13.6.